The number of carbonyl (C=O) groups is 2. The molecule has 0 saturated heterocycles. The molecule has 0 aliphatic heterocycles. The first-order valence-electron chi connectivity index (χ1n) is 19.0. The SMILES string of the molecule is C[Si](C)(C)CCOCn1nc(C(=O)Cc2cn[nH]c2)c2ccc(Br)cc21.C[Si](C)(C)CCOCn1nc(C(=O)Cc2cnn(Cc3cscn3)c2)c2ccc(Br)cc21. The van der Waals surface area contributed by atoms with Crippen LogP contribution in [0.25, 0.3) is 21.8 Å². The number of aromatic amines is 1. The topological polar surface area (TPSA) is 148 Å². The van der Waals surface area contributed by atoms with Crippen molar-refractivity contribution in [1.29, 1.82) is 0 Å². The summed E-state index contributed by atoms with van der Waals surface area (Å²) in [7, 11) is -2.29. The lowest BCUT2D eigenvalue weighted by atomic mass is 10.1. The van der Waals surface area contributed by atoms with E-state index in [0.29, 0.717) is 44.6 Å². The molecule has 1 N–H and O–H groups in total. The Kier molecular flexibility index (Phi) is 14.6. The number of ether oxygens (including phenoxy) is 2. The summed E-state index contributed by atoms with van der Waals surface area (Å²) >= 11 is 8.58. The molecule has 306 valence electrons. The number of ketones is 2. The van der Waals surface area contributed by atoms with Crippen molar-refractivity contribution in [3.8, 4) is 0 Å². The van der Waals surface area contributed by atoms with Gasteiger partial charge in [-0.2, -0.15) is 20.4 Å². The van der Waals surface area contributed by atoms with E-state index in [9.17, 15) is 9.59 Å². The molecule has 0 saturated carbocycles. The summed E-state index contributed by atoms with van der Waals surface area (Å²) in [6, 6.07) is 13.9. The molecule has 0 fully saturated rings. The number of Topliss-reactive ketones (excluding diaryl/α,β-unsaturated/α-hetero) is 2. The largest absolute Gasteiger partial charge is 0.360 e. The van der Waals surface area contributed by atoms with Crippen molar-refractivity contribution in [1.82, 2.24) is 44.5 Å². The molecule has 0 radical (unpaired) electrons. The van der Waals surface area contributed by atoms with Crippen molar-refractivity contribution >= 4 is 92.7 Å². The summed E-state index contributed by atoms with van der Waals surface area (Å²) in [6.07, 6.45) is 7.54. The van der Waals surface area contributed by atoms with Crippen LogP contribution in [0.4, 0.5) is 0 Å². The summed E-state index contributed by atoms with van der Waals surface area (Å²) in [4.78, 5) is 30.1. The summed E-state index contributed by atoms with van der Waals surface area (Å²) in [5.74, 6) is -0.0639. The van der Waals surface area contributed by atoms with Gasteiger partial charge in [-0.25, -0.2) is 14.3 Å². The maximum Gasteiger partial charge on any atom is 0.188 e. The van der Waals surface area contributed by atoms with Crippen molar-refractivity contribution in [2.24, 2.45) is 0 Å². The minimum absolute atomic E-state index is 0.0282. The minimum Gasteiger partial charge on any atom is -0.360 e. The second kappa shape index (κ2) is 19.4. The number of rotatable bonds is 18. The monoisotopic (exact) mass is 965 g/mol. The molecule has 18 heteroatoms. The fraction of sp³-hybridized carbons (Fsp3) is 0.375. The van der Waals surface area contributed by atoms with Gasteiger partial charge in [-0.1, -0.05) is 71.1 Å². The van der Waals surface area contributed by atoms with Crippen LogP contribution in [0.15, 0.2) is 81.0 Å². The molecular formula is C40H49Br2N9O4SSi2. The number of carbonyl (C=O) groups excluding carboxylic acids is 2. The third kappa shape index (κ3) is 12.3. The molecular weight excluding hydrogens is 919 g/mol. The van der Waals surface area contributed by atoms with Crippen LogP contribution in [0.2, 0.25) is 51.4 Å². The van der Waals surface area contributed by atoms with E-state index < -0.39 is 16.1 Å². The van der Waals surface area contributed by atoms with E-state index in [0.717, 1.165) is 59.7 Å². The van der Waals surface area contributed by atoms with E-state index in [1.54, 1.807) is 49.5 Å². The highest BCUT2D eigenvalue weighted by Gasteiger charge is 2.21. The van der Waals surface area contributed by atoms with Crippen LogP contribution >= 0.6 is 43.2 Å². The van der Waals surface area contributed by atoms with E-state index in [2.05, 4.69) is 102 Å². The first-order valence-corrected chi connectivity index (χ1v) is 29.0. The van der Waals surface area contributed by atoms with E-state index in [1.165, 1.54) is 0 Å². The lowest BCUT2D eigenvalue weighted by Crippen LogP contribution is -2.22. The molecule has 0 aliphatic rings. The Morgan fingerprint density at radius 1 is 0.776 bits per heavy atom. The van der Waals surface area contributed by atoms with Gasteiger partial charge < -0.3 is 9.47 Å². The number of thiazole rings is 1. The number of halogens is 2. The van der Waals surface area contributed by atoms with Crippen molar-refractivity contribution in [3.05, 3.63) is 109 Å². The summed E-state index contributed by atoms with van der Waals surface area (Å²) < 4.78 is 19.0. The van der Waals surface area contributed by atoms with Gasteiger partial charge in [-0.05, 0) is 59.6 Å². The predicted octanol–water partition coefficient (Wildman–Crippen LogP) is 9.50. The normalized spacial score (nSPS) is 12.0. The molecule has 0 unspecified atom stereocenters. The zero-order valence-electron chi connectivity index (χ0n) is 33.7. The Bertz CT molecular complexity index is 2450. The molecule has 5 heterocycles. The van der Waals surface area contributed by atoms with Gasteiger partial charge in [0.05, 0.1) is 41.2 Å². The molecule has 0 atom stereocenters. The number of H-pyrrole nitrogens is 1. The summed E-state index contributed by atoms with van der Waals surface area (Å²) in [6.45, 7) is 16.6. The van der Waals surface area contributed by atoms with Gasteiger partial charge in [0.25, 0.3) is 0 Å². The van der Waals surface area contributed by atoms with E-state index in [4.69, 9.17) is 9.47 Å². The van der Waals surface area contributed by atoms with Crippen LogP contribution in [-0.4, -0.2) is 85.5 Å². The highest BCUT2D eigenvalue weighted by atomic mass is 79.9. The van der Waals surface area contributed by atoms with Gasteiger partial charge in [0.15, 0.2) is 11.6 Å². The van der Waals surface area contributed by atoms with Crippen LogP contribution in [-0.2, 0) is 42.3 Å². The van der Waals surface area contributed by atoms with Crippen molar-refractivity contribution in [3.63, 3.8) is 0 Å². The number of benzene rings is 2. The number of aromatic nitrogens is 9. The van der Waals surface area contributed by atoms with Gasteiger partial charge in [-0.3, -0.25) is 19.4 Å². The van der Waals surface area contributed by atoms with Crippen LogP contribution in [0.5, 0.6) is 0 Å². The Labute approximate surface area is 360 Å². The molecule has 0 aliphatic carbocycles. The van der Waals surface area contributed by atoms with Gasteiger partial charge in [0.2, 0.25) is 0 Å². The van der Waals surface area contributed by atoms with Crippen molar-refractivity contribution in [2.75, 3.05) is 13.2 Å². The number of hydrogen-bond acceptors (Lipinski definition) is 10. The average molecular weight is 968 g/mol. The van der Waals surface area contributed by atoms with E-state index in [-0.39, 0.29) is 24.4 Å². The fourth-order valence-electron chi connectivity index (χ4n) is 5.94. The van der Waals surface area contributed by atoms with Gasteiger partial charge in [-0.15, -0.1) is 11.3 Å². The third-order valence-corrected chi connectivity index (χ3v) is 14.2. The molecule has 5 aromatic heterocycles. The van der Waals surface area contributed by atoms with Crippen LogP contribution in [0, 0.1) is 0 Å². The number of hydrogen-bond donors (Lipinski definition) is 1. The second-order valence-electron chi connectivity index (χ2n) is 16.5. The quantitative estimate of drug-likeness (QED) is 0.0505. The van der Waals surface area contributed by atoms with Gasteiger partial charge in [0.1, 0.15) is 24.8 Å². The fourth-order valence-corrected chi connectivity index (χ4v) is 8.70. The molecule has 0 amide bonds. The average Bonchev–Trinajstić information content (AvgIpc) is 4.01. The maximum absolute atomic E-state index is 13.1. The molecule has 7 rings (SSSR count). The predicted molar refractivity (Wildman–Crippen MR) is 241 cm³/mol. The smallest absolute Gasteiger partial charge is 0.188 e. The molecule has 2 aromatic carbocycles. The zero-order valence-corrected chi connectivity index (χ0v) is 39.7. The van der Waals surface area contributed by atoms with Crippen LogP contribution in [0.1, 0.15) is 37.8 Å². The van der Waals surface area contributed by atoms with Gasteiger partial charge >= 0.3 is 0 Å². The highest BCUT2D eigenvalue weighted by molar-refractivity contribution is 9.10. The molecule has 58 heavy (non-hydrogen) atoms. The minimum atomic E-state index is -1.16. The Morgan fingerprint density at radius 3 is 1.81 bits per heavy atom. The Hall–Kier alpha value is -3.92. The molecule has 13 nitrogen and oxygen atoms in total. The van der Waals surface area contributed by atoms with Crippen LogP contribution < -0.4 is 0 Å². The lowest BCUT2D eigenvalue weighted by Gasteiger charge is -2.15. The number of nitrogens with one attached hydrogen (secondary N) is 1. The Morgan fingerprint density at radius 2 is 1.33 bits per heavy atom. The van der Waals surface area contributed by atoms with E-state index in [1.807, 2.05) is 48.0 Å². The number of fused-ring (bicyclic) bond motifs is 2. The van der Waals surface area contributed by atoms with Crippen LogP contribution in [0.3, 0.4) is 0 Å². The van der Waals surface area contributed by atoms with E-state index >= 15 is 0 Å². The highest BCUT2D eigenvalue weighted by Crippen LogP contribution is 2.26. The first-order chi connectivity index (χ1) is 27.6. The zero-order chi connectivity index (χ0) is 41.5. The lowest BCUT2D eigenvalue weighted by molar-refractivity contribution is 0.0805. The van der Waals surface area contributed by atoms with Gasteiger partial charge in [0, 0.05) is 79.7 Å². The summed E-state index contributed by atoms with van der Waals surface area (Å²) in [5, 5.41) is 23.8. The standard InChI is InChI=1S/C22H26BrN5O2SSi.C18H23BrN4O2Si/c1-32(2,3)7-6-30-15-28-20-9-17(23)4-5-19(20)22(26-28)21(29)8-16-10-25-27(11-16)12-18-13-31-14-24-18;1-26(2,3)7-6-25-12-23-16-9-14(19)4-5-15(16)18(22-23)17(24)8-13-10-20-21-11-13/h4-5,9-11,13-14H,6-8,12,15H2,1-3H3;4-5,9-11H,6-8,12H2,1-3H3,(H,20,21). The molecule has 0 bridgehead atoms. The maximum atomic E-state index is 13.1. The second-order valence-corrected chi connectivity index (χ2v) is 30.3. The third-order valence-electron chi connectivity index (χ3n) is 9.15. The summed E-state index contributed by atoms with van der Waals surface area (Å²) in [5.41, 5.74) is 7.18. The van der Waals surface area contributed by atoms with Crippen molar-refractivity contribution < 1.29 is 19.1 Å². The Balaban J connectivity index is 0.000000200. The first kappa shape index (κ1) is 43.7. The number of nitrogens with zero attached hydrogens (tertiary/aromatic N) is 8. The molecule has 7 aromatic rings. The van der Waals surface area contributed by atoms with Crippen molar-refractivity contribution in [2.45, 2.75) is 84.2 Å². The molecule has 0 spiro atoms.